The van der Waals surface area contributed by atoms with Crippen molar-refractivity contribution in [1.29, 1.82) is 0 Å². The van der Waals surface area contributed by atoms with Crippen LogP contribution in [0.5, 0.6) is 0 Å². The highest BCUT2D eigenvalue weighted by molar-refractivity contribution is 7.85. The van der Waals surface area contributed by atoms with Gasteiger partial charge in [0.05, 0.1) is 5.75 Å². The van der Waals surface area contributed by atoms with Crippen molar-refractivity contribution in [2.45, 2.75) is 27.2 Å². The van der Waals surface area contributed by atoms with Crippen molar-refractivity contribution in [3.63, 3.8) is 0 Å². The molecule has 0 fully saturated rings. The predicted octanol–water partition coefficient (Wildman–Crippen LogP) is 2.45. The molecule has 0 unspecified atom stereocenters. The fourth-order valence-corrected chi connectivity index (χ4v) is 3.01. The van der Waals surface area contributed by atoms with E-state index in [-0.39, 0.29) is 5.75 Å². The second-order valence-corrected chi connectivity index (χ2v) is 6.51. The first-order valence-corrected chi connectivity index (χ1v) is 6.80. The predicted molar refractivity (Wildman–Crippen MR) is 65.1 cm³/mol. The summed E-state index contributed by atoms with van der Waals surface area (Å²) in [6.45, 7) is 5.67. The third kappa shape index (κ3) is 4.77. The Labute approximate surface area is 97.2 Å². The van der Waals surface area contributed by atoms with Gasteiger partial charge in [-0.2, -0.15) is 8.42 Å². The van der Waals surface area contributed by atoms with Gasteiger partial charge in [0.25, 0.3) is 10.1 Å². The maximum absolute atomic E-state index is 10.9. The smallest absolute Gasteiger partial charge is 0.265 e. The van der Waals surface area contributed by atoms with Gasteiger partial charge in [-0.3, -0.25) is 4.55 Å². The van der Waals surface area contributed by atoms with E-state index in [0.29, 0.717) is 6.42 Å². The minimum Gasteiger partial charge on any atom is -0.286 e. The van der Waals surface area contributed by atoms with E-state index in [0.717, 1.165) is 11.1 Å². The molecule has 1 N–H and O–H groups in total. The zero-order valence-corrected chi connectivity index (χ0v) is 10.7. The number of aryl methyl sites for hydroxylation is 1. The minimum absolute atomic E-state index is 0.214. The molecule has 1 aromatic carbocycles. The van der Waals surface area contributed by atoms with Gasteiger partial charge in [0, 0.05) is 0 Å². The van der Waals surface area contributed by atoms with Crippen LogP contribution in [-0.2, 0) is 16.5 Å². The number of hydrogen-bond donors (Lipinski definition) is 1. The molecule has 0 saturated heterocycles. The fourth-order valence-electron chi connectivity index (χ4n) is 1.92. The Morgan fingerprint density at radius 2 is 1.94 bits per heavy atom. The molecule has 0 saturated carbocycles. The van der Waals surface area contributed by atoms with Gasteiger partial charge in [-0.15, -0.1) is 0 Å². The second kappa shape index (κ2) is 4.55. The Bertz CT molecular complexity index is 461. The first-order chi connectivity index (χ1) is 7.18. The van der Waals surface area contributed by atoms with Crippen LogP contribution in [0.15, 0.2) is 24.3 Å². The largest absolute Gasteiger partial charge is 0.286 e. The van der Waals surface area contributed by atoms with Crippen molar-refractivity contribution in [2.24, 2.45) is 5.41 Å². The van der Waals surface area contributed by atoms with Crippen LogP contribution in [-0.4, -0.2) is 18.7 Å². The van der Waals surface area contributed by atoms with Gasteiger partial charge in [-0.1, -0.05) is 43.7 Å². The van der Waals surface area contributed by atoms with Crippen molar-refractivity contribution in [3.8, 4) is 0 Å². The molecule has 0 atom stereocenters. The molecule has 0 radical (unpaired) electrons. The first kappa shape index (κ1) is 13.2. The van der Waals surface area contributed by atoms with Gasteiger partial charge in [0.2, 0.25) is 0 Å². The Balaban J connectivity index is 2.80. The van der Waals surface area contributed by atoms with Crippen LogP contribution >= 0.6 is 0 Å². The molecule has 3 nitrogen and oxygen atoms in total. The van der Waals surface area contributed by atoms with Crippen LogP contribution in [0.3, 0.4) is 0 Å². The molecule has 0 spiro atoms. The average Bonchev–Trinajstić information content (AvgIpc) is 1.96. The summed E-state index contributed by atoms with van der Waals surface area (Å²) < 4.78 is 30.6. The maximum atomic E-state index is 10.9. The number of hydrogen-bond acceptors (Lipinski definition) is 2. The van der Waals surface area contributed by atoms with E-state index in [2.05, 4.69) is 0 Å². The van der Waals surface area contributed by atoms with Gasteiger partial charge in [-0.05, 0) is 24.3 Å². The lowest BCUT2D eigenvalue weighted by Gasteiger charge is -2.22. The zero-order chi connectivity index (χ0) is 12.4. The fraction of sp³-hybridized carbons (Fsp3) is 0.500. The van der Waals surface area contributed by atoms with E-state index >= 15 is 0 Å². The molecule has 1 rings (SSSR count). The van der Waals surface area contributed by atoms with E-state index in [9.17, 15) is 8.42 Å². The SMILES string of the molecule is Cc1cccc(CC(C)(C)CS(=O)(=O)O)c1. The molecule has 90 valence electrons. The topological polar surface area (TPSA) is 54.4 Å². The van der Waals surface area contributed by atoms with Gasteiger partial charge in [0.1, 0.15) is 0 Å². The van der Waals surface area contributed by atoms with Gasteiger partial charge >= 0.3 is 0 Å². The Morgan fingerprint density at radius 3 is 2.44 bits per heavy atom. The quantitative estimate of drug-likeness (QED) is 0.825. The number of rotatable bonds is 4. The summed E-state index contributed by atoms with van der Waals surface area (Å²) in [4.78, 5) is 0. The molecule has 0 aromatic heterocycles. The highest BCUT2D eigenvalue weighted by Gasteiger charge is 2.25. The highest BCUT2D eigenvalue weighted by atomic mass is 32.2. The van der Waals surface area contributed by atoms with Crippen molar-refractivity contribution in [2.75, 3.05) is 5.75 Å². The Kier molecular flexibility index (Phi) is 3.76. The highest BCUT2D eigenvalue weighted by Crippen LogP contribution is 2.24. The maximum Gasteiger partial charge on any atom is 0.265 e. The summed E-state index contributed by atoms with van der Waals surface area (Å²) in [7, 11) is -3.91. The van der Waals surface area contributed by atoms with E-state index in [4.69, 9.17) is 4.55 Å². The van der Waals surface area contributed by atoms with E-state index < -0.39 is 15.5 Å². The Morgan fingerprint density at radius 1 is 1.31 bits per heavy atom. The summed E-state index contributed by atoms with van der Waals surface area (Å²) in [5.41, 5.74) is 1.79. The van der Waals surface area contributed by atoms with Crippen LogP contribution < -0.4 is 0 Å². The monoisotopic (exact) mass is 242 g/mol. The molecule has 0 bridgehead atoms. The molecule has 0 aliphatic heterocycles. The molecule has 4 heteroatoms. The minimum atomic E-state index is -3.91. The summed E-state index contributed by atoms with van der Waals surface area (Å²) >= 11 is 0. The van der Waals surface area contributed by atoms with Crippen molar-refractivity contribution in [1.82, 2.24) is 0 Å². The molecule has 0 aliphatic carbocycles. The van der Waals surface area contributed by atoms with Gasteiger partial charge in [0.15, 0.2) is 0 Å². The summed E-state index contributed by atoms with van der Waals surface area (Å²) in [5.74, 6) is -0.214. The normalized spacial score (nSPS) is 12.8. The average molecular weight is 242 g/mol. The lowest BCUT2D eigenvalue weighted by Crippen LogP contribution is -2.25. The van der Waals surface area contributed by atoms with Crippen LogP contribution in [0.2, 0.25) is 0 Å². The molecule has 0 amide bonds. The van der Waals surface area contributed by atoms with Crippen LogP contribution in [0.1, 0.15) is 25.0 Å². The van der Waals surface area contributed by atoms with Gasteiger partial charge in [-0.25, -0.2) is 0 Å². The molecule has 1 aromatic rings. The summed E-state index contributed by atoms with van der Waals surface area (Å²) in [5, 5.41) is 0. The lowest BCUT2D eigenvalue weighted by molar-refractivity contribution is 0.387. The van der Waals surface area contributed by atoms with E-state index in [1.165, 1.54) is 0 Å². The molecule has 0 heterocycles. The lowest BCUT2D eigenvalue weighted by atomic mass is 9.87. The Hall–Kier alpha value is -0.870. The van der Waals surface area contributed by atoms with Crippen LogP contribution in [0.4, 0.5) is 0 Å². The molecule has 16 heavy (non-hydrogen) atoms. The second-order valence-electron chi connectivity index (χ2n) is 5.06. The summed E-state index contributed by atoms with van der Waals surface area (Å²) in [6.07, 6.45) is 0.633. The number of benzene rings is 1. The zero-order valence-electron chi connectivity index (χ0n) is 9.90. The van der Waals surface area contributed by atoms with Gasteiger partial charge < -0.3 is 0 Å². The van der Waals surface area contributed by atoms with E-state index in [1.807, 2.05) is 45.0 Å². The molecular formula is C12H18O3S. The first-order valence-electron chi connectivity index (χ1n) is 5.19. The summed E-state index contributed by atoms with van der Waals surface area (Å²) in [6, 6.07) is 7.96. The van der Waals surface area contributed by atoms with Crippen molar-refractivity contribution < 1.29 is 13.0 Å². The molecular weight excluding hydrogens is 224 g/mol. The van der Waals surface area contributed by atoms with Crippen molar-refractivity contribution >= 4 is 10.1 Å². The van der Waals surface area contributed by atoms with Crippen LogP contribution in [0, 0.1) is 12.3 Å². The third-order valence-corrected chi connectivity index (χ3v) is 3.48. The standard InChI is InChI=1S/C12H18O3S/c1-10-5-4-6-11(7-10)8-12(2,3)9-16(13,14)15/h4-7H,8-9H2,1-3H3,(H,13,14,15). The third-order valence-electron chi connectivity index (χ3n) is 2.34. The van der Waals surface area contributed by atoms with Crippen LogP contribution in [0.25, 0.3) is 0 Å². The van der Waals surface area contributed by atoms with Crippen molar-refractivity contribution in [3.05, 3.63) is 35.4 Å². The molecule has 0 aliphatic rings. The van der Waals surface area contributed by atoms with E-state index in [1.54, 1.807) is 0 Å².